The molecular formula is C20H21FN2O3S. The van der Waals surface area contributed by atoms with Gasteiger partial charge in [-0.25, -0.2) is 17.5 Å². The normalized spacial score (nSPS) is 23.0. The van der Waals surface area contributed by atoms with Gasteiger partial charge in [0.1, 0.15) is 5.82 Å². The molecule has 1 fully saturated rings. The zero-order chi connectivity index (χ0) is 19.7. The van der Waals surface area contributed by atoms with E-state index in [1.165, 1.54) is 12.1 Å². The lowest BCUT2D eigenvalue weighted by Crippen LogP contribution is -2.42. The van der Waals surface area contributed by atoms with Gasteiger partial charge >= 0.3 is 0 Å². The van der Waals surface area contributed by atoms with Crippen molar-refractivity contribution in [1.29, 1.82) is 5.26 Å². The Morgan fingerprint density at radius 2 is 1.81 bits per heavy atom. The lowest BCUT2D eigenvalue weighted by molar-refractivity contribution is 0.0163. The van der Waals surface area contributed by atoms with Crippen LogP contribution < -0.4 is 4.72 Å². The molecule has 2 aromatic rings. The van der Waals surface area contributed by atoms with Crippen molar-refractivity contribution in [3.8, 4) is 17.2 Å². The van der Waals surface area contributed by atoms with Crippen molar-refractivity contribution in [3.05, 3.63) is 53.8 Å². The van der Waals surface area contributed by atoms with Gasteiger partial charge in [0.15, 0.2) is 0 Å². The van der Waals surface area contributed by atoms with Crippen LogP contribution in [0.15, 0.2) is 47.4 Å². The number of nitriles is 1. The van der Waals surface area contributed by atoms with Gasteiger partial charge in [0.05, 0.1) is 22.1 Å². The minimum Gasteiger partial charge on any atom is -0.390 e. The second-order valence-corrected chi connectivity index (χ2v) is 8.94. The lowest BCUT2D eigenvalue weighted by Gasteiger charge is -2.33. The Morgan fingerprint density at radius 1 is 1.19 bits per heavy atom. The Labute approximate surface area is 158 Å². The summed E-state index contributed by atoms with van der Waals surface area (Å²) in [4.78, 5) is -0.130. The fraction of sp³-hybridized carbons (Fsp3) is 0.350. The van der Waals surface area contributed by atoms with Crippen LogP contribution in [0.25, 0.3) is 11.1 Å². The van der Waals surface area contributed by atoms with Crippen LogP contribution in [0.4, 0.5) is 4.39 Å². The zero-order valence-corrected chi connectivity index (χ0v) is 15.8. The third kappa shape index (κ3) is 4.53. The second kappa shape index (κ2) is 7.39. The molecular weight excluding hydrogens is 367 g/mol. The number of hydrogen-bond acceptors (Lipinski definition) is 4. The lowest BCUT2D eigenvalue weighted by atomic mass is 9.84. The molecule has 0 aliphatic heterocycles. The van der Waals surface area contributed by atoms with Crippen molar-refractivity contribution >= 4 is 10.0 Å². The summed E-state index contributed by atoms with van der Waals surface area (Å²) in [6.07, 6.45) is 2.12. The maximum atomic E-state index is 14.5. The van der Waals surface area contributed by atoms with Crippen LogP contribution in [-0.2, 0) is 10.0 Å². The Balaban J connectivity index is 1.78. The molecule has 0 heterocycles. The largest absolute Gasteiger partial charge is 0.390 e. The van der Waals surface area contributed by atoms with E-state index in [1.807, 2.05) is 6.07 Å². The van der Waals surface area contributed by atoms with Crippen LogP contribution in [0.1, 0.15) is 38.2 Å². The van der Waals surface area contributed by atoms with E-state index in [-0.39, 0.29) is 16.5 Å². The number of sulfonamides is 1. The molecule has 3 rings (SSSR count). The van der Waals surface area contributed by atoms with Crippen LogP contribution >= 0.6 is 0 Å². The van der Waals surface area contributed by atoms with Gasteiger partial charge in [-0.3, -0.25) is 0 Å². The summed E-state index contributed by atoms with van der Waals surface area (Å²) in [7, 11) is -3.84. The van der Waals surface area contributed by atoms with Gasteiger partial charge in [-0.05, 0) is 62.4 Å². The van der Waals surface area contributed by atoms with Crippen LogP contribution in [0.2, 0.25) is 0 Å². The van der Waals surface area contributed by atoms with Gasteiger partial charge in [0, 0.05) is 11.6 Å². The van der Waals surface area contributed by atoms with Crippen molar-refractivity contribution in [2.75, 3.05) is 0 Å². The van der Waals surface area contributed by atoms with Crippen molar-refractivity contribution in [1.82, 2.24) is 4.72 Å². The molecule has 27 heavy (non-hydrogen) atoms. The topological polar surface area (TPSA) is 90.2 Å². The Hall–Kier alpha value is -2.27. The molecule has 0 atom stereocenters. The van der Waals surface area contributed by atoms with Crippen LogP contribution in [0.5, 0.6) is 0 Å². The van der Waals surface area contributed by atoms with E-state index in [4.69, 9.17) is 5.26 Å². The van der Waals surface area contributed by atoms with Gasteiger partial charge in [0.2, 0.25) is 10.0 Å². The van der Waals surface area contributed by atoms with E-state index in [2.05, 4.69) is 4.72 Å². The summed E-state index contributed by atoms with van der Waals surface area (Å²) in [5, 5.41) is 18.8. The standard InChI is InChI=1S/C20H21FN2O3S/c1-20(24)10-8-16(9-11-20)23-27(25,26)17-6-7-18(19(21)12-17)15-4-2-14(13-22)3-5-15/h2-7,12,16,23-24H,8-11H2,1H3/t16-,20-. The summed E-state index contributed by atoms with van der Waals surface area (Å²) in [6, 6.07) is 11.9. The van der Waals surface area contributed by atoms with Crippen molar-refractivity contribution < 1.29 is 17.9 Å². The van der Waals surface area contributed by atoms with E-state index in [1.54, 1.807) is 31.2 Å². The molecule has 0 radical (unpaired) electrons. The number of rotatable bonds is 4. The van der Waals surface area contributed by atoms with Crippen molar-refractivity contribution in [3.63, 3.8) is 0 Å². The van der Waals surface area contributed by atoms with Gasteiger partial charge in [-0.15, -0.1) is 0 Å². The van der Waals surface area contributed by atoms with E-state index in [9.17, 15) is 17.9 Å². The number of nitrogens with zero attached hydrogens (tertiary/aromatic N) is 1. The predicted octanol–water partition coefficient (Wildman–Crippen LogP) is 3.34. The maximum absolute atomic E-state index is 14.5. The first kappa shape index (κ1) is 19.5. The predicted molar refractivity (Wildman–Crippen MR) is 99.8 cm³/mol. The minimum atomic E-state index is -3.84. The Morgan fingerprint density at radius 3 is 2.37 bits per heavy atom. The quantitative estimate of drug-likeness (QED) is 0.841. The molecule has 1 saturated carbocycles. The molecule has 5 nitrogen and oxygen atoms in total. The Kier molecular flexibility index (Phi) is 5.33. The summed E-state index contributed by atoms with van der Waals surface area (Å²) < 4.78 is 42.3. The fourth-order valence-corrected chi connectivity index (χ4v) is 4.58. The highest BCUT2D eigenvalue weighted by Crippen LogP contribution is 2.29. The summed E-state index contributed by atoms with van der Waals surface area (Å²) in [6.45, 7) is 1.75. The van der Waals surface area contributed by atoms with Gasteiger partial charge in [0.25, 0.3) is 0 Å². The second-order valence-electron chi connectivity index (χ2n) is 7.22. The highest BCUT2D eigenvalue weighted by Gasteiger charge is 2.31. The maximum Gasteiger partial charge on any atom is 0.240 e. The highest BCUT2D eigenvalue weighted by molar-refractivity contribution is 7.89. The van der Waals surface area contributed by atoms with E-state index in [0.717, 1.165) is 6.07 Å². The van der Waals surface area contributed by atoms with Gasteiger partial charge in [-0.1, -0.05) is 18.2 Å². The van der Waals surface area contributed by atoms with Gasteiger partial charge in [-0.2, -0.15) is 5.26 Å². The molecule has 1 aliphatic carbocycles. The molecule has 0 unspecified atom stereocenters. The van der Waals surface area contributed by atoms with Gasteiger partial charge < -0.3 is 5.11 Å². The molecule has 0 bridgehead atoms. The first-order valence-electron chi connectivity index (χ1n) is 8.75. The van der Waals surface area contributed by atoms with Crippen molar-refractivity contribution in [2.24, 2.45) is 0 Å². The fourth-order valence-electron chi connectivity index (χ4n) is 3.27. The molecule has 0 saturated heterocycles. The molecule has 0 aromatic heterocycles. The number of hydrogen-bond donors (Lipinski definition) is 2. The summed E-state index contributed by atoms with van der Waals surface area (Å²) in [5.41, 5.74) is 0.552. The molecule has 0 spiro atoms. The third-order valence-electron chi connectivity index (χ3n) is 4.96. The Bertz CT molecular complexity index is 969. The van der Waals surface area contributed by atoms with Crippen LogP contribution in [0.3, 0.4) is 0 Å². The third-order valence-corrected chi connectivity index (χ3v) is 6.48. The highest BCUT2D eigenvalue weighted by atomic mass is 32.2. The first-order valence-corrected chi connectivity index (χ1v) is 10.2. The molecule has 2 aromatic carbocycles. The molecule has 2 N–H and O–H groups in total. The molecule has 0 amide bonds. The SMILES string of the molecule is C[C@]1(O)CC[C@H](NS(=O)(=O)c2ccc(-c3ccc(C#N)cc3)c(F)c2)CC1. The average Bonchev–Trinajstić information content (AvgIpc) is 2.63. The smallest absolute Gasteiger partial charge is 0.240 e. The first-order chi connectivity index (χ1) is 12.7. The van der Waals surface area contributed by atoms with Crippen molar-refractivity contribution in [2.45, 2.75) is 49.1 Å². The number of benzene rings is 2. The molecule has 1 aliphatic rings. The summed E-state index contributed by atoms with van der Waals surface area (Å²) in [5.74, 6) is -0.644. The number of nitrogens with one attached hydrogen (secondary N) is 1. The average molecular weight is 388 g/mol. The van der Waals surface area contributed by atoms with E-state index >= 15 is 0 Å². The minimum absolute atomic E-state index is 0.130. The molecule has 7 heteroatoms. The monoisotopic (exact) mass is 388 g/mol. The summed E-state index contributed by atoms with van der Waals surface area (Å²) >= 11 is 0. The number of halogens is 1. The van der Waals surface area contributed by atoms with E-state index < -0.39 is 21.4 Å². The van der Waals surface area contributed by atoms with Crippen LogP contribution in [-0.4, -0.2) is 25.2 Å². The van der Waals surface area contributed by atoms with Crippen LogP contribution in [0, 0.1) is 17.1 Å². The number of aliphatic hydroxyl groups is 1. The zero-order valence-electron chi connectivity index (χ0n) is 14.9. The molecule has 142 valence electrons. The van der Waals surface area contributed by atoms with E-state index in [0.29, 0.717) is 36.8 Å².